The molecule has 0 spiro atoms. The van der Waals surface area contributed by atoms with E-state index in [2.05, 4.69) is 10.6 Å². The number of benzene rings is 1. The van der Waals surface area contributed by atoms with Gasteiger partial charge in [-0.05, 0) is 32.0 Å². The summed E-state index contributed by atoms with van der Waals surface area (Å²) >= 11 is 5.91. The number of nitrogens with one attached hydrogen (secondary N) is 2. The number of para-hydroxylation sites is 1. The first-order valence-electron chi connectivity index (χ1n) is 6.99. The molecule has 1 aliphatic carbocycles. The topological polar surface area (TPSA) is 41.1 Å². The molecule has 1 fully saturated rings. The molecule has 3 nitrogen and oxygen atoms in total. The van der Waals surface area contributed by atoms with Crippen molar-refractivity contribution in [3.8, 4) is 0 Å². The standard InChI is InChI=1S/C15H20ClFN2O/c1-18-15(8-3-2-4-9-15)10-13(20)19-14-11(16)6-5-7-12(14)17/h5-7,18H,2-4,8-10H2,1H3,(H,19,20). The zero-order chi connectivity index (χ0) is 14.6. The van der Waals surface area contributed by atoms with Gasteiger partial charge in [0.15, 0.2) is 0 Å². The van der Waals surface area contributed by atoms with Crippen LogP contribution in [0.25, 0.3) is 0 Å². The Labute approximate surface area is 123 Å². The van der Waals surface area contributed by atoms with Crippen LogP contribution in [0.4, 0.5) is 10.1 Å². The average molecular weight is 299 g/mol. The minimum absolute atomic E-state index is 0.0706. The normalized spacial score (nSPS) is 17.8. The highest BCUT2D eigenvalue weighted by Gasteiger charge is 2.32. The number of halogens is 2. The average Bonchev–Trinajstić information content (AvgIpc) is 2.44. The van der Waals surface area contributed by atoms with Crippen LogP contribution in [0.15, 0.2) is 18.2 Å². The second-order valence-electron chi connectivity index (χ2n) is 5.41. The lowest BCUT2D eigenvalue weighted by atomic mass is 9.79. The summed E-state index contributed by atoms with van der Waals surface area (Å²) < 4.78 is 13.7. The number of rotatable bonds is 4. The Kier molecular flexibility index (Phi) is 5.00. The van der Waals surface area contributed by atoms with E-state index in [0.29, 0.717) is 6.42 Å². The quantitative estimate of drug-likeness (QED) is 0.889. The molecule has 0 atom stereocenters. The summed E-state index contributed by atoms with van der Waals surface area (Å²) in [6.45, 7) is 0. The Bertz CT molecular complexity index is 467. The van der Waals surface area contributed by atoms with Gasteiger partial charge in [-0.3, -0.25) is 4.79 Å². The first-order valence-corrected chi connectivity index (χ1v) is 7.37. The predicted octanol–water partition coefficient (Wildman–Crippen LogP) is 3.73. The Morgan fingerprint density at radius 2 is 2.05 bits per heavy atom. The number of carbonyl (C=O) groups is 1. The fourth-order valence-electron chi connectivity index (χ4n) is 2.85. The second-order valence-corrected chi connectivity index (χ2v) is 5.82. The molecule has 1 aromatic rings. The van der Waals surface area contributed by atoms with Crippen molar-refractivity contribution in [3.05, 3.63) is 29.0 Å². The van der Waals surface area contributed by atoms with E-state index in [1.165, 1.54) is 18.6 Å². The molecule has 1 saturated carbocycles. The molecule has 0 heterocycles. The zero-order valence-electron chi connectivity index (χ0n) is 11.6. The van der Waals surface area contributed by atoms with Crippen LogP contribution in [-0.2, 0) is 4.79 Å². The van der Waals surface area contributed by atoms with Crippen LogP contribution in [0.3, 0.4) is 0 Å². The van der Waals surface area contributed by atoms with E-state index in [4.69, 9.17) is 11.6 Å². The lowest BCUT2D eigenvalue weighted by Crippen LogP contribution is -2.47. The molecule has 0 radical (unpaired) electrons. The summed E-state index contributed by atoms with van der Waals surface area (Å²) in [5.74, 6) is -0.707. The molecular formula is C15H20ClFN2O. The summed E-state index contributed by atoms with van der Waals surface area (Å²) in [6, 6.07) is 4.37. The molecule has 1 amide bonds. The van der Waals surface area contributed by atoms with Gasteiger partial charge in [0.1, 0.15) is 5.82 Å². The number of hydrogen-bond donors (Lipinski definition) is 2. The molecule has 2 N–H and O–H groups in total. The van der Waals surface area contributed by atoms with Crippen LogP contribution >= 0.6 is 11.6 Å². The smallest absolute Gasteiger partial charge is 0.226 e. The third-order valence-electron chi connectivity index (χ3n) is 4.07. The maximum absolute atomic E-state index is 13.7. The van der Waals surface area contributed by atoms with Gasteiger partial charge in [0.2, 0.25) is 5.91 Å². The van der Waals surface area contributed by atoms with Gasteiger partial charge in [0.25, 0.3) is 0 Å². The Morgan fingerprint density at radius 1 is 1.35 bits per heavy atom. The van der Waals surface area contributed by atoms with E-state index >= 15 is 0 Å². The molecule has 0 bridgehead atoms. The summed E-state index contributed by atoms with van der Waals surface area (Å²) in [7, 11) is 1.88. The van der Waals surface area contributed by atoms with Gasteiger partial charge in [-0.25, -0.2) is 4.39 Å². The van der Waals surface area contributed by atoms with Crippen molar-refractivity contribution in [2.75, 3.05) is 12.4 Å². The lowest BCUT2D eigenvalue weighted by molar-refractivity contribution is -0.118. The maximum Gasteiger partial charge on any atom is 0.226 e. The van der Waals surface area contributed by atoms with E-state index in [9.17, 15) is 9.18 Å². The van der Waals surface area contributed by atoms with Gasteiger partial charge in [-0.15, -0.1) is 0 Å². The monoisotopic (exact) mass is 298 g/mol. The third kappa shape index (κ3) is 3.49. The van der Waals surface area contributed by atoms with Crippen molar-refractivity contribution in [1.82, 2.24) is 5.32 Å². The van der Waals surface area contributed by atoms with E-state index in [1.54, 1.807) is 6.07 Å². The number of anilines is 1. The Balaban J connectivity index is 2.05. The number of hydrogen-bond acceptors (Lipinski definition) is 2. The van der Waals surface area contributed by atoms with Crippen molar-refractivity contribution < 1.29 is 9.18 Å². The summed E-state index contributed by atoms with van der Waals surface area (Å²) in [5.41, 5.74) is -0.0960. The SMILES string of the molecule is CNC1(CC(=O)Nc2c(F)cccc2Cl)CCCCC1. The molecule has 2 rings (SSSR count). The van der Waals surface area contributed by atoms with Crippen molar-refractivity contribution in [2.24, 2.45) is 0 Å². The minimum Gasteiger partial charge on any atom is -0.322 e. The highest BCUT2D eigenvalue weighted by molar-refractivity contribution is 6.33. The summed E-state index contributed by atoms with van der Waals surface area (Å²) in [4.78, 5) is 12.2. The van der Waals surface area contributed by atoms with Crippen LogP contribution in [0, 0.1) is 5.82 Å². The Hall–Kier alpha value is -1.13. The van der Waals surface area contributed by atoms with Crippen LogP contribution in [-0.4, -0.2) is 18.5 Å². The second kappa shape index (κ2) is 6.55. The maximum atomic E-state index is 13.7. The van der Waals surface area contributed by atoms with Crippen LogP contribution < -0.4 is 10.6 Å². The molecule has 1 aromatic carbocycles. The van der Waals surface area contributed by atoms with Crippen molar-refractivity contribution in [3.63, 3.8) is 0 Å². The van der Waals surface area contributed by atoms with Crippen molar-refractivity contribution in [1.29, 1.82) is 0 Å². The lowest BCUT2D eigenvalue weighted by Gasteiger charge is -2.36. The van der Waals surface area contributed by atoms with Crippen LogP contribution in [0.2, 0.25) is 5.02 Å². The van der Waals surface area contributed by atoms with Gasteiger partial charge >= 0.3 is 0 Å². The summed E-state index contributed by atoms with van der Waals surface area (Å²) in [5, 5.41) is 6.10. The van der Waals surface area contributed by atoms with Crippen LogP contribution in [0.5, 0.6) is 0 Å². The van der Waals surface area contributed by atoms with Gasteiger partial charge < -0.3 is 10.6 Å². The Morgan fingerprint density at radius 3 is 2.65 bits per heavy atom. The first-order chi connectivity index (χ1) is 9.56. The zero-order valence-corrected chi connectivity index (χ0v) is 12.4. The van der Waals surface area contributed by atoms with Gasteiger partial charge in [-0.2, -0.15) is 0 Å². The van der Waals surface area contributed by atoms with Crippen molar-refractivity contribution >= 4 is 23.2 Å². The molecule has 0 unspecified atom stereocenters. The molecule has 5 heteroatoms. The number of carbonyl (C=O) groups excluding carboxylic acids is 1. The third-order valence-corrected chi connectivity index (χ3v) is 4.38. The minimum atomic E-state index is -0.506. The predicted molar refractivity (Wildman–Crippen MR) is 79.5 cm³/mol. The van der Waals surface area contributed by atoms with Gasteiger partial charge in [-0.1, -0.05) is 36.9 Å². The van der Waals surface area contributed by atoms with E-state index in [0.717, 1.165) is 25.7 Å². The number of amides is 1. The van der Waals surface area contributed by atoms with E-state index in [-0.39, 0.29) is 22.2 Å². The molecule has 20 heavy (non-hydrogen) atoms. The molecule has 1 aliphatic rings. The van der Waals surface area contributed by atoms with E-state index < -0.39 is 5.82 Å². The van der Waals surface area contributed by atoms with Gasteiger partial charge in [0, 0.05) is 12.0 Å². The first kappa shape index (κ1) is 15.3. The fraction of sp³-hybridized carbons (Fsp3) is 0.533. The largest absolute Gasteiger partial charge is 0.322 e. The highest BCUT2D eigenvalue weighted by atomic mass is 35.5. The molecular weight excluding hydrogens is 279 g/mol. The molecule has 0 aliphatic heterocycles. The van der Waals surface area contributed by atoms with E-state index in [1.807, 2.05) is 7.05 Å². The van der Waals surface area contributed by atoms with Gasteiger partial charge in [0.05, 0.1) is 10.7 Å². The molecule has 0 saturated heterocycles. The summed E-state index contributed by atoms with van der Waals surface area (Å²) in [6.07, 6.45) is 5.74. The fourth-order valence-corrected chi connectivity index (χ4v) is 3.06. The molecule has 0 aromatic heterocycles. The van der Waals surface area contributed by atoms with Crippen molar-refractivity contribution in [2.45, 2.75) is 44.1 Å². The molecule has 110 valence electrons. The van der Waals surface area contributed by atoms with Crippen LogP contribution in [0.1, 0.15) is 38.5 Å². The highest BCUT2D eigenvalue weighted by Crippen LogP contribution is 2.32.